The van der Waals surface area contributed by atoms with E-state index in [1.807, 2.05) is 12.1 Å². The lowest BCUT2D eigenvalue weighted by Crippen LogP contribution is -2.14. The third-order valence-electron chi connectivity index (χ3n) is 4.72. The summed E-state index contributed by atoms with van der Waals surface area (Å²) in [5.74, 6) is 0.995. The van der Waals surface area contributed by atoms with Crippen LogP contribution in [0.3, 0.4) is 0 Å². The molecule has 4 aromatic rings. The van der Waals surface area contributed by atoms with Gasteiger partial charge in [0.2, 0.25) is 11.8 Å². The van der Waals surface area contributed by atoms with Gasteiger partial charge in [0.05, 0.1) is 18.1 Å². The maximum absolute atomic E-state index is 12.2. The second-order valence-electron chi connectivity index (χ2n) is 6.86. The number of benzene rings is 2. The van der Waals surface area contributed by atoms with Gasteiger partial charge in [0.1, 0.15) is 12.0 Å². The van der Waals surface area contributed by atoms with E-state index >= 15 is 0 Å². The zero-order valence-electron chi connectivity index (χ0n) is 16.6. The van der Waals surface area contributed by atoms with Crippen molar-refractivity contribution in [1.29, 1.82) is 0 Å². The van der Waals surface area contributed by atoms with Gasteiger partial charge in [-0.3, -0.25) is 10.1 Å². The molecule has 0 atom stereocenters. The van der Waals surface area contributed by atoms with E-state index in [2.05, 4.69) is 35.9 Å². The minimum Gasteiger partial charge on any atom is -0.504 e. The van der Waals surface area contributed by atoms with E-state index < -0.39 is 0 Å². The number of nitrogens with one attached hydrogen (secondary N) is 3. The Morgan fingerprint density at radius 2 is 1.81 bits per heavy atom. The Kier molecular flexibility index (Phi) is 4.92. The molecule has 32 heavy (non-hydrogen) atoms. The second-order valence-corrected chi connectivity index (χ2v) is 6.86. The summed E-state index contributed by atoms with van der Waals surface area (Å²) in [6, 6.07) is 14.0. The topological polar surface area (TPSA) is 134 Å². The first-order valence-electron chi connectivity index (χ1n) is 9.70. The number of anilines is 4. The van der Waals surface area contributed by atoms with Crippen LogP contribution in [0.1, 0.15) is 15.9 Å². The van der Waals surface area contributed by atoms with Gasteiger partial charge in [0, 0.05) is 17.7 Å². The summed E-state index contributed by atoms with van der Waals surface area (Å²) in [6.07, 6.45) is 4.41. The number of para-hydroxylation sites is 1. The highest BCUT2D eigenvalue weighted by Crippen LogP contribution is 2.41. The van der Waals surface area contributed by atoms with Crippen LogP contribution in [0, 0.1) is 0 Å². The lowest BCUT2D eigenvalue weighted by molar-refractivity contribution is 0.102. The first-order valence-corrected chi connectivity index (χ1v) is 9.70. The molecule has 3 heterocycles. The zero-order chi connectivity index (χ0) is 21.9. The molecular formula is C22H17N7O3. The fourth-order valence-electron chi connectivity index (χ4n) is 3.17. The van der Waals surface area contributed by atoms with Crippen LogP contribution < -0.4 is 20.7 Å². The van der Waals surface area contributed by atoms with Crippen LogP contribution in [-0.4, -0.2) is 30.9 Å². The quantitative estimate of drug-likeness (QED) is 0.385. The third-order valence-corrected chi connectivity index (χ3v) is 4.72. The van der Waals surface area contributed by atoms with Gasteiger partial charge in [-0.25, -0.2) is 15.0 Å². The number of phenols is 1. The number of phenolic OH excluding ortho intramolecular Hbond substituents is 1. The fraction of sp³-hybridized carbons (Fsp3) is 0.0455. The van der Waals surface area contributed by atoms with Crippen LogP contribution in [0.4, 0.5) is 23.1 Å². The number of fused-ring (bicyclic) bond motifs is 2. The van der Waals surface area contributed by atoms with E-state index in [4.69, 9.17) is 4.74 Å². The molecule has 0 radical (unpaired) electrons. The average molecular weight is 427 g/mol. The molecule has 2 aromatic heterocycles. The number of carbonyl (C=O) groups is 1. The summed E-state index contributed by atoms with van der Waals surface area (Å²) in [7, 11) is 0. The van der Waals surface area contributed by atoms with Crippen molar-refractivity contribution in [2.24, 2.45) is 0 Å². The number of aromatic nitrogens is 4. The highest BCUT2D eigenvalue weighted by Gasteiger charge is 2.21. The van der Waals surface area contributed by atoms with E-state index in [1.54, 1.807) is 36.4 Å². The predicted octanol–water partition coefficient (Wildman–Crippen LogP) is 3.69. The van der Waals surface area contributed by atoms with E-state index in [0.717, 1.165) is 5.56 Å². The maximum Gasteiger partial charge on any atom is 0.258 e. The van der Waals surface area contributed by atoms with Gasteiger partial charge in [-0.1, -0.05) is 30.3 Å². The highest BCUT2D eigenvalue weighted by atomic mass is 16.5. The summed E-state index contributed by atoms with van der Waals surface area (Å²) in [4.78, 5) is 29.0. The Bertz CT molecular complexity index is 1280. The van der Waals surface area contributed by atoms with E-state index in [-0.39, 0.29) is 23.5 Å². The smallest absolute Gasteiger partial charge is 0.258 e. The van der Waals surface area contributed by atoms with Crippen molar-refractivity contribution < 1.29 is 14.6 Å². The number of nitrogens with zero attached hydrogens (tertiary/aromatic N) is 4. The van der Waals surface area contributed by atoms with Gasteiger partial charge >= 0.3 is 0 Å². The normalized spacial score (nSPS) is 11.8. The van der Waals surface area contributed by atoms with Gasteiger partial charge < -0.3 is 20.5 Å². The number of aromatic hydroxyl groups is 1. The number of hydrogen-bond acceptors (Lipinski definition) is 9. The van der Waals surface area contributed by atoms with Crippen molar-refractivity contribution in [3.05, 3.63) is 78.4 Å². The molecule has 0 unspecified atom stereocenters. The van der Waals surface area contributed by atoms with Crippen LogP contribution in [0.25, 0.3) is 0 Å². The van der Waals surface area contributed by atoms with Crippen molar-refractivity contribution in [2.45, 2.75) is 6.54 Å². The molecule has 1 aliphatic heterocycles. The molecule has 0 aliphatic carbocycles. The lowest BCUT2D eigenvalue weighted by atomic mass is 10.2. The predicted molar refractivity (Wildman–Crippen MR) is 117 cm³/mol. The molecular weight excluding hydrogens is 410 g/mol. The fourth-order valence-corrected chi connectivity index (χ4v) is 3.17. The molecule has 0 fully saturated rings. The Labute approximate surface area is 182 Å². The van der Waals surface area contributed by atoms with Gasteiger partial charge in [0.15, 0.2) is 17.3 Å². The molecule has 5 rings (SSSR count). The van der Waals surface area contributed by atoms with Gasteiger partial charge in [0.25, 0.3) is 5.91 Å². The molecule has 0 saturated heterocycles. The average Bonchev–Trinajstić information content (AvgIpc) is 3.02. The van der Waals surface area contributed by atoms with Crippen molar-refractivity contribution >= 4 is 29.0 Å². The minimum absolute atomic E-state index is 0.0341. The number of carbonyl (C=O) groups excluding carboxylic acids is 1. The minimum atomic E-state index is -0.295. The molecule has 10 heteroatoms. The molecule has 0 spiro atoms. The summed E-state index contributed by atoms with van der Waals surface area (Å²) < 4.78 is 5.83. The lowest BCUT2D eigenvalue weighted by Gasteiger charge is -2.12. The molecule has 0 saturated carbocycles. The third kappa shape index (κ3) is 3.84. The molecule has 1 amide bonds. The van der Waals surface area contributed by atoms with Gasteiger partial charge in [-0.15, -0.1) is 0 Å². The van der Waals surface area contributed by atoms with Crippen molar-refractivity contribution in [3.63, 3.8) is 0 Å². The zero-order valence-corrected chi connectivity index (χ0v) is 16.6. The number of rotatable bonds is 4. The molecule has 1 aliphatic rings. The van der Waals surface area contributed by atoms with E-state index in [9.17, 15) is 9.90 Å². The van der Waals surface area contributed by atoms with Crippen LogP contribution >= 0.6 is 0 Å². The van der Waals surface area contributed by atoms with Crippen molar-refractivity contribution in [1.82, 2.24) is 19.9 Å². The highest BCUT2D eigenvalue weighted by molar-refractivity contribution is 6.03. The Balaban J connectivity index is 1.33. The Morgan fingerprint density at radius 1 is 1.00 bits per heavy atom. The van der Waals surface area contributed by atoms with Crippen LogP contribution in [0.5, 0.6) is 17.4 Å². The first-order chi connectivity index (χ1) is 15.7. The van der Waals surface area contributed by atoms with E-state index in [0.29, 0.717) is 35.1 Å². The molecule has 0 bridgehead atoms. The standard InChI is InChI=1S/C22H17N7O3/c30-16-8-4-7-14-9-23-17-19(26-12-27-21(17)32-18(14)16)28-15-10-24-22(25-11-15)29-20(31)13-5-2-1-3-6-13/h1-8,10-12,23,30H,9H2,(H,26,27,28)(H,24,25,29,31). The molecule has 10 nitrogen and oxygen atoms in total. The van der Waals surface area contributed by atoms with Gasteiger partial charge in [-0.05, 0) is 18.2 Å². The Morgan fingerprint density at radius 3 is 2.62 bits per heavy atom. The van der Waals surface area contributed by atoms with Gasteiger partial charge in [-0.2, -0.15) is 4.98 Å². The maximum atomic E-state index is 12.2. The van der Waals surface area contributed by atoms with Crippen molar-refractivity contribution in [2.75, 3.05) is 16.0 Å². The van der Waals surface area contributed by atoms with E-state index in [1.165, 1.54) is 18.7 Å². The number of hydrogen-bond donors (Lipinski definition) is 4. The largest absolute Gasteiger partial charge is 0.504 e. The number of ether oxygens (including phenoxy) is 1. The summed E-state index contributed by atoms with van der Waals surface area (Å²) in [6.45, 7) is 0.416. The van der Waals surface area contributed by atoms with Crippen LogP contribution in [0.2, 0.25) is 0 Å². The molecule has 4 N–H and O–H groups in total. The molecule has 158 valence electrons. The summed E-state index contributed by atoms with van der Waals surface area (Å²) in [5, 5.41) is 19.1. The second kappa shape index (κ2) is 8.19. The Hall–Kier alpha value is -4.73. The van der Waals surface area contributed by atoms with Crippen LogP contribution in [0.15, 0.2) is 67.3 Å². The summed E-state index contributed by atoms with van der Waals surface area (Å²) in [5.41, 5.74) is 2.38. The van der Waals surface area contributed by atoms with Crippen molar-refractivity contribution in [3.8, 4) is 17.4 Å². The summed E-state index contributed by atoms with van der Waals surface area (Å²) >= 11 is 0. The number of amides is 1. The monoisotopic (exact) mass is 427 g/mol. The molecule has 2 aromatic carbocycles. The van der Waals surface area contributed by atoms with Crippen LogP contribution in [-0.2, 0) is 6.54 Å². The first kappa shape index (κ1) is 19.2. The SMILES string of the molecule is O=C(Nc1ncc(Nc2ncnc3c2NCc2cccc(O)c2O3)cn1)c1ccccc1.